The highest BCUT2D eigenvalue weighted by Crippen LogP contribution is 2.76. The summed E-state index contributed by atoms with van der Waals surface area (Å²) in [5, 5.41) is 44.8. The van der Waals surface area contributed by atoms with E-state index in [1.807, 2.05) is 6.92 Å². The molecule has 0 saturated heterocycles. The van der Waals surface area contributed by atoms with Gasteiger partial charge in [0.15, 0.2) is 0 Å². The van der Waals surface area contributed by atoms with Crippen LogP contribution in [0.3, 0.4) is 0 Å². The zero-order valence-electron chi connectivity index (χ0n) is 22.9. The number of aliphatic hydroxyl groups is 3. The maximum atomic E-state index is 12.8. The summed E-state index contributed by atoms with van der Waals surface area (Å²) in [4.78, 5) is 12.8. The molecule has 5 rings (SSSR count). The minimum Gasteiger partial charge on any atom is -0.481 e. The average molecular weight is 489 g/mol. The molecule has 4 N–H and O–H groups in total. The Morgan fingerprint density at radius 2 is 1.57 bits per heavy atom. The Kier molecular flexibility index (Phi) is 5.40. The van der Waals surface area contributed by atoms with Crippen molar-refractivity contribution in [3.05, 3.63) is 11.6 Å². The highest BCUT2D eigenvalue weighted by atomic mass is 16.4. The molecule has 11 atom stereocenters. The first kappa shape index (κ1) is 25.7. The van der Waals surface area contributed by atoms with Gasteiger partial charge < -0.3 is 20.4 Å². The van der Waals surface area contributed by atoms with Gasteiger partial charge in [0.05, 0.1) is 23.2 Å². The summed E-state index contributed by atoms with van der Waals surface area (Å²) in [6.07, 6.45) is 7.18. The lowest BCUT2D eigenvalue weighted by Crippen LogP contribution is -2.69. The Balaban J connectivity index is 1.66. The molecule has 5 aliphatic carbocycles. The lowest BCUT2D eigenvalue weighted by Gasteiger charge is -2.72. The molecule has 0 aliphatic heterocycles. The second-order valence-electron chi connectivity index (χ2n) is 14.8. The van der Waals surface area contributed by atoms with E-state index < -0.39 is 29.2 Å². The molecule has 0 aromatic carbocycles. The second kappa shape index (κ2) is 7.35. The normalized spacial score (nSPS) is 57.1. The first-order valence-corrected chi connectivity index (χ1v) is 14.0. The minimum absolute atomic E-state index is 0.0458. The fraction of sp³-hybridized carbons (Fsp3) is 0.900. The Bertz CT molecular complexity index is 952. The molecule has 0 unspecified atom stereocenters. The predicted octanol–water partition coefficient (Wildman–Crippen LogP) is 5.18. The van der Waals surface area contributed by atoms with Crippen molar-refractivity contribution in [2.24, 2.45) is 50.7 Å². The van der Waals surface area contributed by atoms with Crippen molar-refractivity contribution < 1.29 is 25.2 Å². The number of rotatable bonds is 1. The molecule has 5 nitrogen and oxygen atoms in total. The van der Waals surface area contributed by atoms with Crippen molar-refractivity contribution in [1.29, 1.82) is 0 Å². The Hall–Kier alpha value is -0.910. The molecular weight excluding hydrogens is 440 g/mol. The fourth-order valence-electron chi connectivity index (χ4n) is 10.8. The monoisotopic (exact) mass is 488 g/mol. The number of hydrogen-bond donors (Lipinski definition) is 4. The molecule has 0 radical (unpaired) electrons. The number of fused-ring (bicyclic) bond motifs is 7. The molecule has 0 bridgehead atoms. The number of carboxylic acid groups (broad SMARTS) is 1. The maximum Gasteiger partial charge on any atom is 0.310 e. The largest absolute Gasteiger partial charge is 0.481 e. The fourth-order valence-corrected chi connectivity index (χ4v) is 10.8. The topological polar surface area (TPSA) is 98.0 Å². The molecule has 198 valence electrons. The Labute approximate surface area is 211 Å². The molecule has 5 heteroatoms. The lowest BCUT2D eigenvalue weighted by atomic mass is 9.32. The molecule has 0 aromatic heterocycles. The van der Waals surface area contributed by atoms with E-state index in [-0.39, 0.29) is 45.3 Å². The van der Waals surface area contributed by atoms with Gasteiger partial charge in [-0.1, -0.05) is 53.2 Å². The highest BCUT2D eigenvalue weighted by molar-refractivity contribution is 5.77. The first-order valence-electron chi connectivity index (χ1n) is 14.0. The van der Waals surface area contributed by atoms with Gasteiger partial charge in [-0.05, 0) is 85.9 Å². The van der Waals surface area contributed by atoms with Crippen molar-refractivity contribution in [1.82, 2.24) is 0 Å². The van der Waals surface area contributed by atoms with Crippen molar-refractivity contribution in [2.45, 2.75) is 118 Å². The molecular formula is C30H48O5. The zero-order chi connectivity index (χ0) is 26.0. The van der Waals surface area contributed by atoms with Gasteiger partial charge in [0.1, 0.15) is 0 Å². The summed E-state index contributed by atoms with van der Waals surface area (Å²) < 4.78 is 0. The van der Waals surface area contributed by atoms with E-state index in [9.17, 15) is 25.2 Å². The van der Waals surface area contributed by atoms with Crippen LogP contribution < -0.4 is 0 Å². The van der Waals surface area contributed by atoms with Crippen LogP contribution in [0.5, 0.6) is 0 Å². The predicted molar refractivity (Wildman–Crippen MR) is 135 cm³/mol. The second-order valence-corrected chi connectivity index (χ2v) is 14.8. The van der Waals surface area contributed by atoms with E-state index >= 15 is 0 Å². The average Bonchev–Trinajstić information content (AvgIpc) is 2.75. The van der Waals surface area contributed by atoms with Crippen molar-refractivity contribution in [2.75, 3.05) is 0 Å². The van der Waals surface area contributed by atoms with Gasteiger partial charge in [-0.25, -0.2) is 0 Å². The van der Waals surface area contributed by atoms with Gasteiger partial charge >= 0.3 is 5.97 Å². The minimum atomic E-state index is -1.06. The molecule has 4 saturated carbocycles. The van der Waals surface area contributed by atoms with Gasteiger partial charge in [0.2, 0.25) is 0 Å². The first-order chi connectivity index (χ1) is 16.0. The van der Waals surface area contributed by atoms with Crippen molar-refractivity contribution >= 4 is 5.97 Å². The van der Waals surface area contributed by atoms with Crippen LogP contribution in [0.1, 0.15) is 99.8 Å². The molecule has 35 heavy (non-hydrogen) atoms. The number of carbonyl (C=O) groups is 1. The maximum absolute atomic E-state index is 12.8. The molecule has 0 heterocycles. The van der Waals surface area contributed by atoms with Crippen LogP contribution in [0.2, 0.25) is 0 Å². The summed E-state index contributed by atoms with van der Waals surface area (Å²) in [5.74, 6) is -0.617. The summed E-state index contributed by atoms with van der Waals surface area (Å²) in [5.41, 5.74) is -1.70. The third kappa shape index (κ3) is 2.84. The smallest absolute Gasteiger partial charge is 0.310 e. The van der Waals surface area contributed by atoms with Gasteiger partial charge in [0, 0.05) is 17.8 Å². The van der Waals surface area contributed by atoms with Crippen molar-refractivity contribution in [3.8, 4) is 0 Å². The van der Waals surface area contributed by atoms with Crippen LogP contribution in [0, 0.1) is 50.7 Å². The molecule has 0 aromatic rings. The van der Waals surface area contributed by atoms with Crippen LogP contribution >= 0.6 is 0 Å². The Morgan fingerprint density at radius 3 is 2.20 bits per heavy atom. The molecule has 5 aliphatic rings. The number of hydrogen-bond acceptors (Lipinski definition) is 4. The quantitative estimate of drug-likeness (QED) is 0.382. The van der Waals surface area contributed by atoms with Gasteiger partial charge in [0.25, 0.3) is 0 Å². The summed E-state index contributed by atoms with van der Waals surface area (Å²) in [6, 6.07) is 0. The third-order valence-electron chi connectivity index (χ3n) is 13.6. The summed E-state index contributed by atoms with van der Waals surface area (Å²) in [7, 11) is 0. The van der Waals surface area contributed by atoms with E-state index in [0.29, 0.717) is 19.3 Å². The lowest BCUT2D eigenvalue weighted by molar-refractivity contribution is -0.248. The van der Waals surface area contributed by atoms with Gasteiger partial charge in [-0.2, -0.15) is 0 Å². The van der Waals surface area contributed by atoms with Gasteiger partial charge in [-0.15, -0.1) is 0 Å². The van der Waals surface area contributed by atoms with Crippen LogP contribution in [-0.4, -0.2) is 44.2 Å². The highest BCUT2D eigenvalue weighted by Gasteiger charge is 2.72. The SMILES string of the molecule is C[C@@H]1CC[C@]2(C(=O)O)CC[C@]3(C)C(=CC[C@@H]4[C@@]5(C)[C@@H](O)C[C@@H](O)C(C)(C)[C@@H]5CC[C@]43C)[C@@H]2[C@]1(C)O. The Morgan fingerprint density at radius 1 is 0.914 bits per heavy atom. The zero-order valence-corrected chi connectivity index (χ0v) is 22.9. The summed E-state index contributed by atoms with van der Waals surface area (Å²) >= 11 is 0. The van der Waals surface area contributed by atoms with E-state index in [2.05, 4.69) is 47.6 Å². The van der Waals surface area contributed by atoms with Crippen LogP contribution in [0.4, 0.5) is 0 Å². The van der Waals surface area contributed by atoms with Crippen LogP contribution in [0.25, 0.3) is 0 Å². The number of aliphatic hydroxyl groups excluding tert-OH is 2. The molecule has 0 amide bonds. The van der Waals surface area contributed by atoms with E-state index in [1.54, 1.807) is 0 Å². The standard InChI is InChI=1S/C30H48O5/c1-17-10-13-30(24(33)34)15-14-26(4)18(23(30)29(17,7)35)8-9-20-27(26,5)12-11-19-25(2,3)21(31)16-22(32)28(19,20)6/h8,17,19-23,31-32,35H,9-16H2,1-7H3,(H,33,34)/t17-,19+,20+,21-,22+,23-,26-,27-,28+,29-,30+/m1/s1. The van der Waals surface area contributed by atoms with E-state index in [1.165, 1.54) is 5.57 Å². The molecule has 0 spiro atoms. The number of carboxylic acids is 1. The van der Waals surface area contributed by atoms with Gasteiger partial charge in [-0.3, -0.25) is 4.79 Å². The number of aliphatic carboxylic acids is 1. The summed E-state index contributed by atoms with van der Waals surface area (Å²) in [6.45, 7) is 15.3. The van der Waals surface area contributed by atoms with E-state index in [0.717, 1.165) is 32.1 Å². The van der Waals surface area contributed by atoms with Crippen molar-refractivity contribution in [3.63, 3.8) is 0 Å². The van der Waals surface area contributed by atoms with Crippen LogP contribution in [-0.2, 0) is 4.79 Å². The third-order valence-corrected chi connectivity index (χ3v) is 13.6. The number of allylic oxidation sites excluding steroid dienone is 1. The van der Waals surface area contributed by atoms with E-state index in [4.69, 9.17) is 0 Å². The van der Waals surface area contributed by atoms with Crippen LogP contribution in [0.15, 0.2) is 11.6 Å². The molecule has 4 fully saturated rings.